The summed E-state index contributed by atoms with van der Waals surface area (Å²) < 4.78 is 7.64. The molecule has 0 saturated carbocycles. The molecule has 0 unspecified atom stereocenters. The van der Waals surface area contributed by atoms with Crippen LogP contribution in [0, 0.1) is 0 Å². The van der Waals surface area contributed by atoms with Gasteiger partial charge in [-0.05, 0) is 43.9 Å². The van der Waals surface area contributed by atoms with Crippen molar-refractivity contribution in [1.82, 2.24) is 0 Å². The number of esters is 1. The number of aromatic nitrogens is 1. The molecule has 2 rings (SSSR count). The number of aryl methyl sites for hydroxylation is 2. The quantitative estimate of drug-likeness (QED) is 0.0483. The molecule has 1 heterocycles. The molecule has 0 bridgehead atoms. The Balaban J connectivity index is 1.40. The molecule has 1 N–H and O–H groups in total. The third kappa shape index (κ3) is 18.6. The minimum absolute atomic E-state index is 0.0196. The van der Waals surface area contributed by atoms with Gasteiger partial charge in [0.2, 0.25) is 0 Å². The monoisotopic (exact) mass is 594 g/mol. The van der Waals surface area contributed by atoms with Gasteiger partial charge in [-0.1, -0.05) is 128 Å². The van der Waals surface area contributed by atoms with Gasteiger partial charge in [0.25, 0.3) is 0 Å². The Hall–Kier alpha value is -2.69. The number of carboxylic acids is 1. The fourth-order valence-electron chi connectivity index (χ4n) is 5.74. The molecule has 0 aliphatic rings. The Bertz CT molecular complexity index is 1000. The average Bonchev–Trinajstić information content (AvgIpc) is 3.00. The molecule has 0 atom stereocenters. The number of unbranched alkanes of at least 4 members (excludes halogenated alkanes) is 19. The summed E-state index contributed by atoms with van der Waals surface area (Å²) in [6, 6.07) is 10.7. The third-order valence-corrected chi connectivity index (χ3v) is 8.38. The van der Waals surface area contributed by atoms with Crippen LogP contribution < -0.4 is 9.30 Å². The fraction of sp³-hybridized carbons (Fsp3) is 0.658. The molecular weight excluding hydrogens is 534 g/mol. The van der Waals surface area contributed by atoms with Crippen LogP contribution in [-0.4, -0.2) is 17.0 Å². The van der Waals surface area contributed by atoms with E-state index in [0.717, 1.165) is 32.2 Å². The highest BCUT2D eigenvalue weighted by Crippen LogP contribution is 2.19. The summed E-state index contributed by atoms with van der Waals surface area (Å²) in [6.07, 6.45) is 33.4. The van der Waals surface area contributed by atoms with Gasteiger partial charge in [-0.3, -0.25) is 4.79 Å². The van der Waals surface area contributed by atoms with Gasteiger partial charge in [0.15, 0.2) is 12.4 Å². The molecule has 2 aromatic rings. The van der Waals surface area contributed by atoms with Gasteiger partial charge >= 0.3 is 11.9 Å². The van der Waals surface area contributed by atoms with E-state index in [1.165, 1.54) is 133 Å². The van der Waals surface area contributed by atoms with Gasteiger partial charge in [-0.2, -0.15) is 0 Å². The SMILES string of the molecule is CCCCCCCCCCCCCCCC[n+]1cccc(CCCCCCCCCC(=O)Oc2ccccc2C(=O)O)c1. The molecule has 0 radical (unpaired) electrons. The predicted molar refractivity (Wildman–Crippen MR) is 177 cm³/mol. The summed E-state index contributed by atoms with van der Waals surface area (Å²) >= 11 is 0. The number of benzene rings is 1. The number of rotatable bonds is 27. The fourth-order valence-corrected chi connectivity index (χ4v) is 5.74. The van der Waals surface area contributed by atoms with Crippen molar-refractivity contribution in [2.45, 2.75) is 161 Å². The van der Waals surface area contributed by atoms with E-state index in [9.17, 15) is 14.7 Å². The Kier molecular flexibility index (Phi) is 21.0. The first-order valence-electron chi connectivity index (χ1n) is 17.6. The summed E-state index contributed by atoms with van der Waals surface area (Å²) in [5.74, 6) is -1.33. The van der Waals surface area contributed by atoms with E-state index < -0.39 is 5.97 Å². The summed E-state index contributed by atoms with van der Waals surface area (Å²) in [7, 11) is 0. The lowest BCUT2D eigenvalue weighted by Gasteiger charge is -2.07. The molecule has 0 spiro atoms. The number of carboxylic acid groups (broad SMARTS) is 1. The van der Waals surface area contributed by atoms with Gasteiger partial charge in [-0.15, -0.1) is 0 Å². The van der Waals surface area contributed by atoms with Crippen molar-refractivity contribution < 1.29 is 24.0 Å². The number of carbonyl (C=O) groups excluding carboxylic acids is 1. The highest BCUT2D eigenvalue weighted by atomic mass is 16.5. The lowest BCUT2D eigenvalue weighted by Crippen LogP contribution is -2.33. The van der Waals surface area contributed by atoms with Crippen LogP contribution in [0.1, 0.15) is 164 Å². The van der Waals surface area contributed by atoms with E-state index in [2.05, 4.69) is 36.0 Å². The summed E-state index contributed by atoms with van der Waals surface area (Å²) in [4.78, 5) is 23.3. The predicted octanol–water partition coefficient (Wildman–Crippen LogP) is 10.4. The van der Waals surface area contributed by atoms with Crippen molar-refractivity contribution >= 4 is 11.9 Å². The summed E-state index contributed by atoms with van der Waals surface area (Å²) in [6.45, 7) is 3.42. The molecule has 0 aliphatic carbocycles. The minimum Gasteiger partial charge on any atom is -0.478 e. The number of para-hydroxylation sites is 1. The lowest BCUT2D eigenvalue weighted by atomic mass is 10.0. The van der Waals surface area contributed by atoms with E-state index in [4.69, 9.17) is 4.74 Å². The third-order valence-electron chi connectivity index (χ3n) is 8.38. The van der Waals surface area contributed by atoms with Crippen molar-refractivity contribution in [3.05, 3.63) is 59.9 Å². The molecule has 0 aliphatic heterocycles. The van der Waals surface area contributed by atoms with E-state index in [1.54, 1.807) is 12.1 Å². The van der Waals surface area contributed by atoms with E-state index >= 15 is 0 Å². The first kappa shape index (κ1) is 36.5. The normalized spacial score (nSPS) is 11.1. The van der Waals surface area contributed by atoms with Crippen molar-refractivity contribution in [1.29, 1.82) is 0 Å². The Labute approximate surface area is 262 Å². The molecule has 0 saturated heterocycles. The largest absolute Gasteiger partial charge is 0.478 e. The highest BCUT2D eigenvalue weighted by Gasteiger charge is 2.13. The topological polar surface area (TPSA) is 67.5 Å². The van der Waals surface area contributed by atoms with Crippen LogP contribution in [-0.2, 0) is 17.8 Å². The van der Waals surface area contributed by atoms with Crippen LogP contribution in [0.5, 0.6) is 5.75 Å². The zero-order valence-corrected chi connectivity index (χ0v) is 27.2. The number of hydrogen-bond acceptors (Lipinski definition) is 3. The second kappa shape index (κ2) is 24.7. The zero-order valence-electron chi connectivity index (χ0n) is 27.2. The number of hydrogen-bond donors (Lipinski definition) is 1. The molecular formula is C38H60NO4+. The molecule has 1 aromatic heterocycles. The average molecular weight is 595 g/mol. The zero-order chi connectivity index (χ0) is 30.8. The number of pyridine rings is 1. The first-order valence-corrected chi connectivity index (χ1v) is 17.6. The minimum atomic E-state index is -1.09. The van der Waals surface area contributed by atoms with E-state index in [1.807, 2.05) is 0 Å². The second-order valence-electron chi connectivity index (χ2n) is 12.3. The Morgan fingerprint density at radius 3 is 1.79 bits per heavy atom. The summed E-state index contributed by atoms with van der Waals surface area (Å²) in [5.41, 5.74) is 1.46. The van der Waals surface area contributed by atoms with Crippen LogP contribution in [0.25, 0.3) is 0 Å². The number of carbonyl (C=O) groups is 2. The molecule has 43 heavy (non-hydrogen) atoms. The van der Waals surface area contributed by atoms with Crippen molar-refractivity contribution in [3.8, 4) is 5.75 Å². The standard InChI is InChI=1S/C38H59NO4/c1-2-3-4-5-6-7-8-9-10-11-12-16-19-24-31-39-32-25-27-34(33-39)26-20-17-14-13-15-18-21-30-37(40)43-36-29-23-22-28-35(36)38(41)42/h22-23,25,27-29,32-33H,2-21,24,26,30-31H2,1H3/p+1. The lowest BCUT2D eigenvalue weighted by molar-refractivity contribution is -0.697. The Morgan fingerprint density at radius 1 is 0.651 bits per heavy atom. The maximum Gasteiger partial charge on any atom is 0.339 e. The number of nitrogens with zero attached hydrogens (tertiary/aromatic N) is 1. The van der Waals surface area contributed by atoms with Crippen LogP contribution in [0.3, 0.4) is 0 Å². The van der Waals surface area contributed by atoms with Crippen LogP contribution >= 0.6 is 0 Å². The smallest absolute Gasteiger partial charge is 0.339 e. The maximum atomic E-state index is 12.1. The number of aromatic carboxylic acids is 1. The molecule has 1 aromatic carbocycles. The van der Waals surface area contributed by atoms with Crippen molar-refractivity contribution in [3.63, 3.8) is 0 Å². The first-order chi connectivity index (χ1) is 21.1. The molecule has 5 heteroatoms. The second-order valence-corrected chi connectivity index (χ2v) is 12.3. The van der Waals surface area contributed by atoms with Crippen LogP contribution in [0.2, 0.25) is 0 Å². The van der Waals surface area contributed by atoms with Gasteiger partial charge in [-0.25, -0.2) is 9.36 Å². The van der Waals surface area contributed by atoms with Crippen LogP contribution in [0.4, 0.5) is 0 Å². The van der Waals surface area contributed by atoms with E-state index in [-0.39, 0.29) is 17.3 Å². The maximum absolute atomic E-state index is 12.1. The summed E-state index contributed by atoms with van der Waals surface area (Å²) in [5, 5.41) is 9.20. The van der Waals surface area contributed by atoms with Crippen LogP contribution in [0.15, 0.2) is 48.8 Å². The van der Waals surface area contributed by atoms with Gasteiger partial charge in [0.05, 0.1) is 0 Å². The van der Waals surface area contributed by atoms with Gasteiger partial charge in [0.1, 0.15) is 17.9 Å². The Morgan fingerprint density at radius 2 is 1.19 bits per heavy atom. The van der Waals surface area contributed by atoms with E-state index in [0.29, 0.717) is 6.42 Å². The van der Waals surface area contributed by atoms with Crippen molar-refractivity contribution in [2.24, 2.45) is 0 Å². The van der Waals surface area contributed by atoms with Gasteiger partial charge in [0, 0.05) is 24.5 Å². The molecule has 5 nitrogen and oxygen atoms in total. The number of ether oxygens (including phenoxy) is 1. The van der Waals surface area contributed by atoms with Gasteiger partial charge < -0.3 is 9.84 Å². The molecule has 0 amide bonds. The molecule has 240 valence electrons. The molecule has 0 fully saturated rings. The highest BCUT2D eigenvalue weighted by molar-refractivity contribution is 5.91. The van der Waals surface area contributed by atoms with Crippen molar-refractivity contribution in [2.75, 3.05) is 0 Å².